The number of rotatable bonds is 3. The van der Waals surface area contributed by atoms with E-state index in [0.29, 0.717) is 17.8 Å². The van der Waals surface area contributed by atoms with Crippen molar-refractivity contribution in [3.05, 3.63) is 48.3 Å². The highest BCUT2D eigenvalue weighted by Gasteiger charge is 2.13. The van der Waals surface area contributed by atoms with E-state index in [-0.39, 0.29) is 18.3 Å². The second-order valence-electron chi connectivity index (χ2n) is 5.05. The van der Waals surface area contributed by atoms with Crippen LogP contribution in [0.25, 0.3) is 16.9 Å². The van der Waals surface area contributed by atoms with Gasteiger partial charge in [-0.05, 0) is 25.1 Å². The number of fused-ring (bicyclic) bond motifs is 1. The van der Waals surface area contributed by atoms with Gasteiger partial charge in [0.2, 0.25) is 5.91 Å². The molecule has 122 valence electrons. The zero-order valence-electron chi connectivity index (χ0n) is 13.3. The van der Waals surface area contributed by atoms with Crippen molar-refractivity contribution in [2.45, 2.75) is 13.8 Å². The molecule has 0 spiro atoms. The molecule has 2 heterocycles. The summed E-state index contributed by atoms with van der Waals surface area (Å²) >= 11 is 0. The molecular formula is C17H16ClN5O. The minimum absolute atomic E-state index is 0. The van der Waals surface area contributed by atoms with Crippen LogP contribution in [0.15, 0.2) is 42.7 Å². The number of hydrogen-bond acceptors (Lipinski definition) is 4. The van der Waals surface area contributed by atoms with Crippen molar-refractivity contribution in [2.75, 3.05) is 11.4 Å². The monoisotopic (exact) mass is 341 g/mol. The molecule has 6 nitrogen and oxygen atoms in total. The Morgan fingerprint density at radius 3 is 2.83 bits per heavy atom. The molecule has 0 unspecified atom stereocenters. The van der Waals surface area contributed by atoms with Crippen LogP contribution in [0.4, 0.5) is 5.69 Å². The number of benzene rings is 1. The third-order valence-electron chi connectivity index (χ3n) is 3.67. The first-order chi connectivity index (χ1) is 11.2. The average molecular weight is 342 g/mol. The van der Waals surface area contributed by atoms with Crippen molar-refractivity contribution in [3.63, 3.8) is 0 Å². The van der Waals surface area contributed by atoms with E-state index < -0.39 is 0 Å². The van der Waals surface area contributed by atoms with Gasteiger partial charge in [0.25, 0.3) is 0 Å². The van der Waals surface area contributed by atoms with E-state index in [2.05, 4.69) is 16.2 Å². The van der Waals surface area contributed by atoms with Gasteiger partial charge in [0.1, 0.15) is 11.6 Å². The molecule has 0 bridgehead atoms. The van der Waals surface area contributed by atoms with E-state index in [1.54, 1.807) is 22.5 Å². The zero-order valence-corrected chi connectivity index (χ0v) is 14.1. The third kappa shape index (κ3) is 2.94. The van der Waals surface area contributed by atoms with Gasteiger partial charge in [-0.15, -0.1) is 12.4 Å². The number of nitrogens with zero attached hydrogens (tertiary/aromatic N) is 5. The van der Waals surface area contributed by atoms with Crippen LogP contribution in [-0.2, 0) is 4.79 Å². The van der Waals surface area contributed by atoms with Gasteiger partial charge in [-0.2, -0.15) is 10.4 Å². The summed E-state index contributed by atoms with van der Waals surface area (Å²) in [6.07, 6.45) is 3.16. The Hall–Kier alpha value is -2.91. The minimum atomic E-state index is -0.00428. The Morgan fingerprint density at radius 1 is 1.38 bits per heavy atom. The van der Waals surface area contributed by atoms with Gasteiger partial charge in [-0.25, -0.2) is 9.50 Å². The SMILES string of the molecule is CCN(C(C)=O)c1cccc(-c2ccnc3c(C#N)cnn23)c1.Cl. The van der Waals surface area contributed by atoms with E-state index in [1.807, 2.05) is 37.3 Å². The van der Waals surface area contributed by atoms with E-state index in [9.17, 15) is 4.79 Å². The fourth-order valence-corrected chi connectivity index (χ4v) is 2.61. The van der Waals surface area contributed by atoms with Crippen molar-refractivity contribution >= 4 is 29.6 Å². The molecule has 7 heteroatoms. The summed E-state index contributed by atoms with van der Waals surface area (Å²) in [5, 5.41) is 13.4. The van der Waals surface area contributed by atoms with Crippen molar-refractivity contribution in [3.8, 4) is 17.3 Å². The molecule has 3 rings (SSSR count). The summed E-state index contributed by atoms with van der Waals surface area (Å²) in [6, 6.07) is 11.6. The predicted molar refractivity (Wildman–Crippen MR) is 94.1 cm³/mol. The first-order valence-electron chi connectivity index (χ1n) is 7.27. The number of halogens is 1. The van der Waals surface area contributed by atoms with Crippen LogP contribution in [0.1, 0.15) is 19.4 Å². The summed E-state index contributed by atoms with van der Waals surface area (Å²) in [7, 11) is 0. The number of nitriles is 1. The van der Waals surface area contributed by atoms with Gasteiger partial charge in [0.15, 0.2) is 5.65 Å². The Bertz CT molecular complexity index is 928. The molecule has 0 saturated heterocycles. The van der Waals surface area contributed by atoms with Gasteiger partial charge in [-0.1, -0.05) is 12.1 Å². The lowest BCUT2D eigenvalue weighted by Gasteiger charge is -2.19. The zero-order chi connectivity index (χ0) is 16.4. The van der Waals surface area contributed by atoms with Crippen LogP contribution < -0.4 is 4.90 Å². The molecule has 3 aromatic rings. The number of aromatic nitrogens is 3. The maximum absolute atomic E-state index is 11.7. The summed E-state index contributed by atoms with van der Waals surface area (Å²) < 4.78 is 1.64. The molecule has 0 radical (unpaired) electrons. The topological polar surface area (TPSA) is 74.3 Å². The number of amides is 1. The Balaban J connectivity index is 0.00000208. The Labute approximate surface area is 145 Å². The number of carbonyl (C=O) groups excluding carboxylic acids is 1. The number of hydrogen-bond donors (Lipinski definition) is 0. The van der Waals surface area contributed by atoms with E-state index >= 15 is 0 Å². The molecule has 24 heavy (non-hydrogen) atoms. The van der Waals surface area contributed by atoms with Crippen LogP contribution in [0, 0.1) is 11.3 Å². The molecule has 0 fully saturated rings. The quantitative estimate of drug-likeness (QED) is 0.733. The molecule has 2 aromatic heterocycles. The lowest BCUT2D eigenvalue weighted by molar-refractivity contribution is -0.116. The maximum Gasteiger partial charge on any atom is 0.223 e. The molecule has 0 atom stereocenters. The normalized spacial score (nSPS) is 10.0. The van der Waals surface area contributed by atoms with Crippen molar-refractivity contribution < 1.29 is 4.79 Å². The average Bonchev–Trinajstić information content (AvgIpc) is 2.98. The van der Waals surface area contributed by atoms with Gasteiger partial charge in [0.05, 0.1) is 11.9 Å². The van der Waals surface area contributed by atoms with Crippen LogP contribution >= 0.6 is 12.4 Å². The summed E-state index contributed by atoms with van der Waals surface area (Å²) in [5.74, 6) is -0.00428. The van der Waals surface area contributed by atoms with Crippen LogP contribution in [-0.4, -0.2) is 27.0 Å². The summed E-state index contributed by atoms with van der Waals surface area (Å²) in [5.41, 5.74) is 3.51. The number of anilines is 1. The minimum Gasteiger partial charge on any atom is -0.313 e. The molecule has 0 aliphatic carbocycles. The van der Waals surface area contributed by atoms with Crippen molar-refractivity contribution in [1.29, 1.82) is 5.26 Å². The second kappa shape index (κ2) is 7.11. The van der Waals surface area contributed by atoms with E-state index in [4.69, 9.17) is 5.26 Å². The highest BCUT2D eigenvalue weighted by Crippen LogP contribution is 2.25. The number of carbonyl (C=O) groups is 1. The maximum atomic E-state index is 11.7. The van der Waals surface area contributed by atoms with E-state index in [1.165, 1.54) is 6.20 Å². The molecule has 0 N–H and O–H groups in total. The molecule has 1 aromatic carbocycles. The summed E-state index contributed by atoms with van der Waals surface area (Å²) in [6.45, 7) is 4.09. The molecular weight excluding hydrogens is 326 g/mol. The standard InChI is InChI=1S/C17H15N5O.ClH/c1-3-21(12(2)23)15-6-4-5-13(9-15)16-7-8-19-17-14(10-18)11-20-22(16)17;/h4-9,11H,3H2,1-2H3;1H. The fraction of sp³-hybridized carbons (Fsp3) is 0.176. The second-order valence-corrected chi connectivity index (χ2v) is 5.05. The smallest absolute Gasteiger partial charge is 0.223 e. The predicted octanol–water partition coefficient (Wildman–Crippen LogP) is 3.06. The van der Waals surface area contributed by atoms with Crippen molar-refractivity contribution in [1.82, 2.24) is 14.6 Å². The highest BCUT2D eigenvalue weighted by molar-refractivity contribution is 5.92. The fourth-order valence-electron chi connectivity index (χ4n) is 2.61. The van der Waals surface area contributed by atoms with Gasteiger partial charge in [0, 0.05) is 30.9 Å². The van der Waals surface area contributed by atoms with Gasteiger partial charge < -0.3 is 4.90 Å². The van der Waals surface area contributed by atoms with Crippen LogP contribution in [0.5, 0.6) is 0 Å². The molecule has 0 aliphatic rings. The largest absolute Gasteiger partial charge is 0.313 e. The third-order valence-corrected chi connectivity index (χ3v) is 3.67. The van der Waals surface area contributed by atoms with E-state index in [0.717, 1.165) is 16.9 Å². The first-order valence-corrected chi connectivity index (χ1v) is 7.27. The van der Waals surface area contributed by atoms with Gasteiger partial charge in [-0.3, -0.25) is 4.79 Å². The molecule has 0 aliphatic heterocycles. The highest BCUT2D eigenvalue weighted by atomic mass is 35.5. The molecule has 1 amide bonds. The Kier molecular flexibility index (Phi) is 5.17. The Morgan fingerprint density at radius 2 is 2.17 bits per heavy atom. The van der Waals surface area contributed by atoms with Crippen LogP contribution in [0.3, 0.4) is 0 Å². The lowest BCUT2D eigenvalue weighted by atomic mass is 10.1. The van der Waals surface area contributed by atoms with Gasteiger partial charge >= 0.3 is 0 Å². The first kappa shape index (κ1) is 17.4. The van der Waals surface area contributed by atoms with Crippen LogP contribution in [0.2, 0.25) is 0 Å². The summed E-state index contributed by atoms with van der Waals surface area (Å²) in [4.78, 5) is 17.7. The lowest BCUT2D eigenvalue weighted by Crippen LogP contribution is -2.27. The molecule has 0 saturated carbocycles. The van der Waals surface area contributed by atoms with Crippen molar-refractivity contribution in [2.24, 2.45) is 0 Å².